The zero-order valence-corrected chi connectivity index (χ0v) is 17.5. The number of anilines is 1. The van der Waals surface area contributed by atoms with E-state index in [1.807, 2.05) is 18.2 Å². The van der Waals surface area contributed by atoms with Gasteiger partial charge in [-0.15, -0.1) is 11.3 Å². The first-order chi connectivity index (χ1) is 15.2. The van der Waals surface area contributed by atoms with Crippen molar-refractivity contribution in [1.82, 2.24) is 4.98 Å². The van der Waals surface area contributed by atoms with Gasteiger partial charge in [0.25, 0.3) is 0 Å². The van der Waals surface area contributed by atoms with E-state index in [4.69, 9.17) is 16.0 Å². The summed E-state index contributed by atoms with van der Waals surface area (Å²) >= 11 is 7.16. The first kappa shape index (κ1) is 21.6. The Morgan fingerprint density at radius 1 is 1.19 bits per heavy atom. The molecule has 0 aliphatic rings. The third kappa shape index (κ3) is 4.51. The Morgan fingerprint density at radius 3 is 2.62 bits per heavy atom. The lowest BCUT2D eigenvalue weighted by atomic mass is 10.1. The molecule has 0 aliphatic carbocycles. The molecule has 0 aliphatic heterocycles. The molecule has 2 heterocycles. The zero-order valence-electron chi connectivity index (χ0n) is 15.9. The van der Waals surface area contributed by atoms with Crippen molar-refractivity contribution in [2.24, 2.45) is 0 Å². The molecule has 0 saturated heterocycles. The van der Waals surface area contributed by atoms with Crippen molar-refractivity contribution in [2.75, 3.05) is 5.32 Å². The fourth-order valence-corrected chi connectivity index (χ4v) is 3.86. The minimum Gasteiger partial charge on any atom is -0.423 e. The summed E-state index contributed by atoms with van der Waals surface area (Å²) < 4.78 is 44.4. The van der Waals surface area contributed by atoms with Crippen LogP contribution in [0.2, 0.25) is 5.02 Å². The van der Waals surface area contributed by atoms with Gasteiger partial charge in [-0.1, -0.05) is 23.7 Å². The Morgan fingerprint density at radius 2 is 1.94 bits per heavy atom. The van der Waals surface area contributed by atoms with E-state index < -0.39 is 17.4 Å². The fourth-order valence-electron chi connectivity index (χ4n) is 2.94. The van der Waals surface area contributed by atoms with Crippen LogP contribution in [0.3, 0.4) is 0 Å². The number of halogens is 4. The highest BCUT2D eigenvalue weighted by atomic mass is 35.5. The minimum absolute atomic E-state index is 0.221. The molecule has 0 unspecified atom stereocenters. The summed E-state index contributed by atoms with van der Waals surface area (Å²) in [5.41, 5.74) is -0.319. The van der Waals surface area contributed by atoms with E-state index in [1.165, 1.54) is 35.7 Å². The first-order valence-electron chi connectivity index (χ1n) is 8.98. The van der Waals surface area contributed by atoms with Crippen LogP contribution in [0.5, 0.6) is 0 Å². The first-order valence-corrected chi connectivity index (χ1v) is 10.2. The number of rotatable bonds is 4. The summed E-state index contributed by atoms with van der Waals surface area (Å²) in [7, 11) is 0. The zero-order chi connectivity index (χ0) is 22.9. The quantitative estimate of drug-likeness (QED) is 0.268. The number of thiazole rings is 1. The van der Waals surface area contributed by atoms with Gasteiger partial charge in [-0.2, -0.15) is 18.4 Å². The molecular formula is C22H11ClF3N3O2S. The molecule has 4 rings (SSSR count). The van der Waals surface area contributed by atoms with Gasteiger partial charge in [0.05, 0.1) is 11.3 Å². The summed E-state index contributed by atoms with van der Waals surface area (Å²) in [5, 5.41) is 15.0. The molecule has 2 aromatic carbocycles. The maximum Gasteiger partial charge on any atom is 0.417 e. The fraction of sp³-hybridized carbons (Fsp3) is 0.0455. The molecule has 0 radical (unpaired) electrons. The van der Waals surface area contributed by atoms with E-state index in [9.17, 15) is 23.2 Å². The number of hydrogen-bond acceptors (Lipinski definition) is 6. The van der Waals surface area contributed by atoms with Crippen molar-refractivity contribution in [3.63, 3.8) is 0 Å². The van der Waals surface area contributed by atoms with Gasteiger partial charge in [0.2, 0.25) is 0 Å². The second-order valence-electron chi connectivity index (χ2n) is 6.55. The third-order valence-corrected chi connectivity index (χ3v) is 5.56. The number of hydrogen-bond donors (Lipinski definition) is 1. The van der Waals surface area contributed by atoms with Gasteiger partial charge in [0.15, 0.2) is 0 Å². The number of nitriles is 1. The van der Waals surface area contributed by atoms with Gasteiger partial charge in [-0.05, 0) is 24.3 Å². The Hall–Kier alpha value is -3.61. The molecule has 0 spiro atoms. The SMILES string of the molecule is N#C/C(=C\Nc1ccc2c(C(F)(F)F)cc(=O)oc2c1)c1nc(-c2ccc(Cl)cc2)cs1. The van der Waals surface area contributed by atoms with Gasteiger partial charge in [-0.3, -0.25) is 0 Å². The summed E-state index contributed by atoms with van der Waals surface area (Å²) in [6.07, 6.45) is -3.30. The lowest BCUT2D eigenvalue weighted by Crippen LogP contribution is -2.11. The topological polar surface area (TPSA) is 78.9 Å². The highest BCUT2D eigenvalue weighted by Crippen LogP contribution is 2.34. The molecule has 0 saturated carbocycles. The van der Waals surface area contributed by atoms with Crippen LogP contribution in [0, 0.1) is 11.3 Å². The molecule has 1 N–H and O–H groups in total. The van der Waals surface area contributed by atoms with Crippen molar-refractivity contribution < 1.29 is 17.6 Å². The van der Waals surface area contributed by atoms with Gasteiger partial charge >= 0.3 is 11.8 Å². The molecule has 160 valence electrons. The number of fused-ring (bicyclic) bond motifs is 1. The Labute approximate surface area is 188 Å². The lowest BCUT2D eigenvalue weighted by molar-refractivity contribution is -0.136. The van der Waals surface area contributed by atoms with Crippen LogP contribution in [0.25, 0.3) is 27.8 Å². The standard InChI is InChI=1S/C22H11ClF3N3O2S/c23-14-3-1-12(2-4-14)18-11-32-21(29-18)13(9-27)10-28-15-5-6-16-17(22(24,25)26)8-20(30)31-19(16)7-15/h1-8,10-11,28H/b13-10+. The van der Waals surface area contributed by atoms with Gasteiger partial charge in [0, 0.05) is 45.4 Å². The highest BCUT2D eigenvalue weighted by Gasteiger charge is 2.33. The van der Waals surface area contributed by atoms with E-state index in [0.29, 0.717) is 27.5 Å². The van der Waals surface area contributed by atoms with Crippen LogP contribution in [0.15, 0.2) is 69.3 Å². The second kappa shape index (κ2) is 8.49. The molecule has 0 amide bonds. The van der Waals surface area contributed by atoms with Crippen LogP contribution >= 0.6 is 22.9 Å². The Bertz CT molecular complexity index is 1430. The largest absolute Gasteiger partial charge is 0.423 e. The summed E-state index contributed by atoms with van der Waals surface area (Å²) in [6, 6.07) is 13.4. The molecule has 5 nitrogen and oxygen atoms in total. The molecule has 0 fully saturated rings. The van der Waals surface area contributed by atoms with Crippen LogP contribution in [0.4, 0.5) is 18.9 Å². The van der Waals surface area contributed by atoms with Crippen LogP contribution < -0.4 is 10.9 Å². The molecule has 0 bridgehead atoms. The lowest BCUT2D eigenvalue weighted by Gasteiger charge is -2.10. The van der Waals surface area contributed by atoms with Crippen molar-refractivity contribution in [1.29, 1.82) is 5.26 Å². The Kier molecular flexibility index (Phi) is 5.74. The summed E-state index contributed by atoms with van der Waals surface area (Å²) in [4.78, 5) is 16.0. The van der Waals surface area contributed by atoms with E-state index in [-0.39, 0.29) is 16.5 Å². The maximum absolute atomic E-state index is 13.2. The number of benzene rings is 2. The smallest absolute Gasteiger partial charge is 0.417 e. The van der Waals surface area contributed by atoms with Gasteiger partial charge in [-0.25, -0.2) is 9.78 Å². The second-order valence-corrected chi connectivity index (χ2v) is 7.84. The maximum atomic E-state index is 13.2. The highest BCUT2D eigenvalue weighted by molar-refractivity contribution is 7.11. The Balaban J connectivity index is 1.62. The predicted molar refractivity (Wildman–Crippen MR) is 117 cm³/mol. The molecule has 32 heavy (non-hydrogen) atoms. The number of allylic oxidation sites excluding steroid dienone is 1. The predicted octanol–water partition coefficient (Wildman–Crippen LogP) is 6.57. The van der Waals surface area contributed by atoms with Crippen molar-refractivity contribution >= 4 is 45.2 Å². The third-order valence-electron chi connectivity index (χ3n) is 4.43. The number of alkyl halides is 3. The molecule has 10 heteroatoms. The summed E-state index contributed by atoms with van der Waals surface area (Å²) in [5.74, 6) is 0. The van der Waals surface area contributed by atoms with Crippen molar-refractivity contribution in [3.8, 4) is 17.3 Å². The van der Waals surface area contributed by atoms with E-state index >= 15 is 0 Å². The van der Waals surface area contributed by atoms with Crippen LogP contribution in [-0.2, 0) is 6.18 Å². The summed E-state index contributed by atoms with van der Waals surface area (Å²) in [6.45, 7) is 0. The number of aromatic nitrogens is 1. The normalized spacial score (nSPS) is 12.0. The molecule has 4 aromatic rings. The van der Waals surface area contributed by atoms with E-state index in [1.54, 1.807) is 17.5 Å². The molecular weight excluding hydrogens is 463 g/mol. The van der Waals surface area contributed by atoms with Crippen LogP contribution in [-0.4, -0.2) is 4.98 Å². The van der Waals surface area contributed by atoms with Crippen molar-refractivity contribution in [3.05, 3.63) is 86.1 Å². The van der Waals surface area contributed by atoms with E-state index in [2.05, 4.69) is 10.3 Å². The van der Waals surface area contributed by atoms with Crippen LogP contribution in [0.1, 0.15) is 10.6 Å². The van der Waals surface area contributed by atoms with E-state index in [0.717, 1.165) is 5.56 Å². The van der Waals surface area contributed by atoms with Crippen molar-refractivity contribution in [2.45, 2.75) is 6.18 Å². The average molecular weight is 474 g/mol. The monoisotopic (exact) mass is 473 g/mol. The minimum atomic E-state index is -4.69. The van der Waals surface area contributed by atoms with Gasteiger partial charge < -0.3 is 9.73 Å². The molecule has 0 atom stereocenters. The average Bonchev–Trinajstić information content (AvgIpc) is 3.23. The molecule has 2 aromatic heterocycles. The number of nitrogens with zero attached hydrogens (tertiary/aromatic N) is 2. The van der Waals surface area contributed by atoms with Gasteiger partial charge in [0.1, 0.15) is 22.2 Å². The number of nitrogens with one attached hydrogen (secondary N) is 1.